The number of hydrogen-bond acceptors (Lipinski definition) is 3. The maximum atomic E-state index is 4.36. The van der Waals surface area contributed by atoms with Gasteiger partial charge in [0.05, 0.1) is 5.69 Å². The third kappa shape index (κ3) is 2.35. The molecule has 0 spiro atoms. The van der Waals surface area contributed by atoms with Gasteiger partial charge >= 0.3 is 0 Å². The lowest BCUT2D eigenvalue weighted by molar-refractivity contribution is 0.625. The summed E-state index contributed by atoms with van der Waals surface area (Å²) in [5.41, 5.74) is 2.43. The molecule has 0 aliphatic carbocycles. The molecule has 0 bridgehead atoms. The normalized spacial score (nSPS) is 25.1. The maximum Gasteiger partial charge on any atom is 0.0562 e. The van der Waals surface area contributed by atoms with Gasteiger partial charge in [0, 0.05) is 31.0 Å². The van der Waals surface area contributed by atoms with Gasteiger partial charge in [-0.1, -0.05) is 6.92 Å². The number of anilines is 1. The smallest absolute Gasteiger partial charge is 0.0562 e. The Morgan fingerprint density at radius 3 is 2.94 bits per heavy atom. The Hall–Kier alpha value is -1.09. The van der Waals surface area contributed by atoms with Crippen molar-refractivity contribution < 1.29 is 0 Å². The summed E-state index contributed by atoms with van der Waals surface area (Å²) in [5, 5.41) is 3.14. The van der Waals surface area contributed by atoms with Crippen LogP contribution in [0.1, 0.15) is 26.0 Å². The zero-order chi connectivity index (χ0) is 11.5. The molecule has 3 nitrogen and oxygen atoms in total. The summed E-state index contributed by atoms with van der Waals surface area (Å²) in [7, 11) is 1.95. The molecule has 88 valence electrons. The van der Waals surface area contributed by atoms with Crippen LogP contribution < -0.4 is 10.2 Å². The minimum atomic E-state index is 0.653. The lowest BCUT2D eigenvalue weighted by atomic mass is 10.1. The first-order valence-corrected chi connectivity index (χ1v) is 6.07. The SMILES string of the molecule is CNCc1cc(N2CC(C)CC2C)ccn1. The summed E-state index contributed by atoms with van der Waals surface area (Å²) in [6.45, 7) is 6.64. The summed E-state index contributed by atoms with van der Waals surface area (Å²) >= 11 is 0. The van der Waals surface area contributed by atoms with Crippen LogP contribution >= 0.6 is 0 Å². The number of rotatable bonds is 3. The second kappa shape index (κ2) is 4.83. The average Bonchev–Trinajstić information content (AvgIpc) is 2.59. The second-order valence-corrected chi connectivity index (χ2v) is 4.88. The lowest BCUT2D eigenvalue weighted by Crippen LogP contribution is -2.26. The van der Waals surface area contributed by atoms with E-state index < -0.39 is 0 Å². The van der Waals surface area contributed by atoms with Gasteiger partial charge in [0.1, 0.15) is 0 Å². The van der Waals surface area contributed by atoms with Crippen LogP contribution in [-0.2, 0) is 6.54 Å². The van der Waals surface area contributed by atoms with E-state index in [4.69, 9.17) is 0 Å². The van der Waals surface area contributed by atoms with Gasteiger partial charge in [0.2, 0.25) is 0 Å². The summed E-state index contributed by atoms with van der Waals surface area (Å²) < 4.78 is 0. The van der Waals surface area contributed by atoms with Crippen LogP contribution in [0.4, 0.5) is 5.69 Å². The van der Waals surface area contributed by atoms with Crippen molar-refractivity contribution in [3.8, 4) is 0 Å². The van der Waals surface area contributed by atoms with Crippen molar-refractivity contribution in [2.45, 2.75) is 32.9 Å². The number of nitrogens with zero attached hydrogens (tertiary/aromatic N) is 2. The predicted molar refractivity (Wildman–Crippen MR) is 67.6 cm³/mol. The lowest BCUT2D eigenvalue weighted by Gasteiger charge is -2.24. The predicted octanol–water partition coefficient (Wildman–Crippen LogP) is 2.04. The standard InChI is InChI=1S/C13H21N3/c1-10-6-11(2)16(9-10)13-4-5-15-12(7-13)8-14-3/h4-5,7,10-11,14H,6,8-9H2,1-3H3. The van der Waals surface area contributed by atoms with E-state index in [1.807, 2.05) is 13.2 Å². The van der Waals surface area contributed by atoms with Gasteiger partial charge in [0.25, 0.3) is 0 Å². The van der Waals surface area contributed by atoms with Crippen molar-refractivity contribution in [3.05, 3.63) is 24.0 Å². The minimum Gasteiger partial charge on any atom is -0.368 e. The number of hydrogen-bond donors (Lipinski definition) is 1. The second-order valence-electron chi connectivity index (χ2n) is 4.88. The van der Waals surface area contributed by atoms with Gasteiger partial charge in [-0.25, -0.2) is 0 Å². The molecular formula is C13H21N3. The van der Waals surface area contributed by atoms with Crippen LogP contribution in [0.3, 0.4) is 0 Å². The molecule has 1 aliphatic rings. The Morgan fingerprint density at radius 2 is 2.31 bits per heavy atom. The van der Waals surface area contributed by atoms with Gasteiger partial charge in [-0.15, -0.1) is 0 Å². The van der Waals surface area contributed by atoms with Gasteiger partial charge in [0.15, 0.2) is 0 Å². The fourth-order valence-electron chi connectivity index (χ4n) is 2.58. The van der Waals surface area contributed by atoms with Gasteiger partial charge in [-0.2, -0.15) is 0 Å². The highest BCUT2D eigenvalue weighted by Gasteiger charge is 2.26. The maximum absolute atomic E-state index is 4.36. The molecule has 0 amide bonds. The molecule has 1 saturated heterocycles. The molecule has 2 heterocycles. The third-order valence-corrected chi connectivity index (χ3v) is 3.27. The first-order chi connectivity index (χ1) is 7.70. The van der Waals surface area contributed by atoms with Crippen molar-refractivity contribution >= 4 is 5.69 Å². The molecule has 1 fully saturated rings. The summed E-state index contributed by atoms with van der Waals surface area (Å²) in [6, 6.07) is 4.97. The number of pyridine rings is 1. The summed E-state index contributed by atoms with van der Waals surface area (Å²) in [6.07, 6.45) is 3.21. The van der Waals surface area contributed by atoms with Gasteiger partial charge in [-0.3, -0.25) is 4.98 Å². The highest BCUT2D eigenvalue weighted by atomic mass is 15.2. The highest BCUT2D eigenvalue weighted by Crippen LogP contribution is 2.28. The van der Waals surface area contributed by atoms with Crippen molar-refractivity contribution in [3.63, 3.8) is 0 Å². The zero-order valence-corrected chi connectivity index (χ0v) is 10.4. The van der Waals surface area contributed by atoms with E-state index in [1.165, 1.54) is 18.7 Å². The molecule has 0 aromatic carbocycles. The van der Waals surface area contributed by atoms with Crippen LogP contribution in [0.5, 0.6) is 0 Å². The molecule has 0 radical (unpaired) electrons. The monoisotopic (exact) mass is 219 g/mol. The molecule has 16 heavy (non-hydrogen) atoms. The van der Waals surface area contributed by atoms with Crippen LogP contribution in [0, 0.1) is 5.92 Å². The molecule has 2 atom stereocenters. The molecule has 1 aliphatic heterocycles. The zero-order valence-electron chi connectivity index (χ0n) is 10.4. The molecule has 2 rings (SSSR count). The summed E-state index contributed by atoms with van der Waals surface area (Å²) in [4.78, 5) is 6.85. The van der Waals surface area contributed by atoms with Crippen LogP contribution in [-0.4, -0.2) is 24.6 Å². The Balaban J connectivity index is 2.16. The van der Waals surface area contributed by atoms with Crippen LogP contribution in [0.25, 0.3) is 0 Å². The molecule has 1 aromatic heterocycles. The first-order valence-electron chi connectivity index (χ1n) is 6.07. The third-order valence-electron chi connectivity index (χ3n) is 3.27. The topological polar surface area (TPSA) is 28.2 Å². The Bertz CT molecular complexity index is 351. The van der Waals surface area contributed by atoms with E-state index in [0.717, 1.165) is 18.2 Å². The van der Waals surface area contributed by atoms with Crippen molar-refractivity contribution in [1.29, 1.82) is 0 Å². The summed E-state index contributed by atoms with van der Waals surface area (Å²) in [5.74, 6) is 0.802. The average molecular weight is 219 g/mol. The highest BCUT2D eigenvalue weighted by molar-refractivity contribution is 5.48. The van der Waals surface area contributed by atoms with Crippen LogP contribution in [0.2, 0.25) is 0 Å². The van der Waals surface area contributed by atoms with Gasteiger partial charge in [-0.05, 0) is 38.4 Å². The van der Waals surface area contributed by atoms with Crippen molar-refractivity contribution in [2.24, 2.45) is 5.92 Å². The molecule has 1 N–H and O–H groups in total. The van der Waals surface area contributed by atoms with Crippen LogP contribution in [0.15, 0.2) is 18.3 Å². The number of nitrogens with one attached hydrogen (secondary N) is 1. The fraction of sp³-hybridized carbons (Fsp3) is 0.615. The minimum absolute atomic E-state index is 0.653. The first kappa shape index (κ1) is 11.4. The van der Waals surface area contributed by atoms with Gasteiger partial charge < -0.3 is 10.2 Å². The molecule has 1 aromatic rings. The van der Waals surface area contributed by atoms with E-state index in [9.17, 15) is 0 Å². The largest absolute Gasteiger partial charge is 0.368 e. The molecule has 0 saturated carbocycles. The quantitative estimate of drug-likeness (QED) is 0.843. The van der Waals surface area contributed by atoms with E-state index in [-0.39, 0.29) is 0 Å². The van der Waals surface area contributed by atoms with E-state index in [0.29, 0.717) is 6.04 Å². The Kier molecular flexibility index (Phi) is 3.44. The van der Waals surface area contributed by atoms with E-state index >= 15 is 0 Å². The molecular weight excluding hydrogens is 198 g/mol. The fourth-order valence-corrected chi connectivity index (χ4v) is 2.58. The number of aromatic nitrogens is 1. The van der Waals surface area contributed by atoms with E-state index in [1.54, 1.807) is 0 Å². The van der Waals surface area contributed by atoms with Crippen molar-refractivity contribution in [1.82, 2.24) is 10.3 Å². The molecule has 2 unspecified atom stereocenters. The molecule has 3 heteroatoms. The van der Waals surface area contributed by atoms with Crippen molar-refractivity contribution in [2.75, 3.05) is 18.5 Å². The van der Waals surface area contributed by atoms with E-state index in [2.05, 4.69) is 41.2 Å². The Morgan fingerprint density at radius 1 is 1.50 bits per heavy atom. The Labute approximate surface area is 97.9 Å².